The Bertz CT molecular complexity index is 1060. The molecule has 0 fully saturated rings. The van der Waals surface area contributed by atoms with E-state index in [4.69, 9.17) is 15.0 Å². The van der Waals surface area contributed by atoms with Crippen LogP contribution in [0.15, 0.2) is 54.6 Å². The lowest BCUT2D eigenvalue weighted by Crippen LogP contribution is -3.10. The summed E-state index contributed by atoms with van der Waals surface area (Å²) in [5.74, 6) is -0.440. The number of carbonyl (C=O) groups excluding carboxylic acids is 1. The van der Waals surface area contributed by atoms with Gasteiger partial charge < -0.3 is 9.64 Å². The quantitative estimate of drug-likeness (QED) is 0.715. The number of nitrogens with zero attached hydrogens (tertiary/aromatic N) is 2. The van der Waals surface area contributed by atoms with Crippen molar-refractivity contribution >= 4 is 16.9 Å². The zero-order valence-electron chi connectivity index (χ0n) is 15.8. The third-order valence-corrected chi connectivity index (χ3v) is 5.19. The van der Waals surface area contributed by atoms with E-state index >= 15 is 0 Å². The van der Waals surface area contributed by atoms with E-state index < -0.39 is 12.1 Å². The van der Waals surface area contributed by atoms with Gasteiger partial charge in [0.05, 0.1) is 23.3 Å². The number of hydrogen-bond donors (Lipinski definition) is 1. The number of benzene rings is 2. The summed E-state index contributed by atoms with van der Waals surface area (Å²) in [6.07, 6.45) is 0.0302. The second kappa shape index (κ2) is 7.79. The van der Waals surface area contributed by atoms with Crippen LogP contribution in [0.5, 0.6) is 0 Å². The highest BCUT2D eigenvalue weighted by Gasteiger charge is 2.29. The molecule has 1 aromatic heterocycles. The predicted molar refractivity (Wildman–Crippen MR) is 106 cm³/mol. The van der Waals surface area contributed by atoms with Crippen molar-refractivity contribution in [2.75, 3.05) is 6.54 Å². The minimum atomic E-state index is -0.786. The molecule has 5 heteroatoms. The topological polar surface area (TPSA) is 67.4 Å². The number of aromatic nitrogens is 1. The SMILES string of the molecule is C[C@H](C#N)OC(=O)c1c2c(nc3ccccc13)CC[NH+](Cc1ccccc1)C2. The van der Waals surface area contributed by atoms with Crippen molar-refractivity contribution in [3.05, 3.63) is 77.0 Å². The maximum atomic E-state index is 13.0. The van der Waals surface area contributed by atoms with E-state index in [0.717, 1.165) is 41.7 Å². The lowest BCUT2D eigenvalue weighted by Gasteiger charge is -2.27. The van der Waals surface area contributed by atoms with Gasteiger partial charge in [0.25, 0.3) is 0 Å². The van der Waals surface area contributed by atoms with Crippen LogP contribution < -0.4 is 4.90 Å². The van der Waals surface area contributed by atoms with Gasteiger partial charge in [-0.1, -0.05) is 48.5 Å². The largest absolute Gasteiger partial charge is 0.444 e. The number of nitriles is 1. The van der Waals surface area contributed by atoms with Crippen LogP contribution in [0.2, 0.25) is 0 Å². The fraction of sp³-hybridized carbons (Fsp3) is 0.261. The molecule has 1 unspecified atom stereocenters. The maximum Gasteiger partial charge on any atom is 0.340 e. The fourth-order valence-corrected chi connectivity index (χ4v) is 3.85. The standard InChI is InChI=1S/C23H21N3O2/c1-16(13-24)28-23(27)22-18-9-5-6-10-20(18)25-21-11-12-26(15-19(21)22)14-17-7-3-2-4-8-17/h2-10,16H,11-12,14-15H2,1H3/p+1/t16-/m1/s1. The lowest BCUT2D eigenvalue weighted by molar-refractivity contribution is -0.929. The number of carbonyl (C=O) groups is 1. The normalized spacial score (nSPS) is 16.8. The van der Waals surface area contributed by atoms with Crippen molar-refractivity contribution in [1.29, 1.82) is 5.26 Å². The molecule has 1 N–H and O–H groups in total. The Morgan fingerprint density at radius 2 is 1.96 bits per heavy atom. The highest BCUT2D eigenvalue weighted by atomic mass is 16.5. The van der Waals surface area contributed by atoms with Crippen LogP contribution in [0.25, 0.3) is 10.9 Å². The number of quaternary nitrogens is 1. The first-order valence-electron chi connectivity index (χ1n) is 9.54. The molecule has 0 aliphatic carbocycles. The molecule has 5 nitrogen and oxygen atoms in total. The second-order valence-corrected chi connectivity index (χ2v) is 7.19. The van der Waals surface area contributed by atoms with Gasteiger partial charge in [0.1, 0.15) is 19.2 Å². The highest BCUT2D eigenvalue weighted by Crippen LogP contribution is 2.26. The molecule has 0 bridgehead atoms. The van der Waals surface area contributed by atoms with Gasteiger partial charge >= 0.3 is 5.97 Å². The molecule has 4 rings (SSSR count). The lowest BCUT2D eigenvalue weighted by atomic mass is 9.95. The maximum absolute atomic E-state index is 13.0. The number of nitrogens with one attached hydrogen (secondary N) is 1. The smallest absolute Gasteiger partial charge is 0.340 e. The molecule has 2 aromatic carbocycles. The average Bonchev–Trinajstić information content (AvgIpc) is 2.72. The van der Waals surface area contributed by atoms with Gasteiger partial charge in [-0.3, -0.25) is 4.98 Å². The van der Waals surface area contributed by atoms with Crippen molar-refractivity contribution < 1.29 is 14.4 Å². The molecule has 1 aliphatic rings. The summed E-state index contributed by atoms with van der Waals surface area (Å²) in [5.41, 5.74) is 4.55. The van der Waals surface area contributed by atoms with Crippen molar-refractivity contribution in [2.45, 2.75) is 32.5 Å². The molecule has 3 aromatic rings. The predicted octanol–water partition coefficient (Wildman–Crippen LogP) is 2.44. The molecule has 0 amide bonds. The molecule has 28 heavy (non-hydrogen) atoms. The summed E-state index contributed by atoms with van der Waals surface area (Å²) in [6, 6.07) is 20.0. The number of rotatable bonds is 4. The van der Waals surface area contributed by atoms with Crippen molar-refractivity contribution in [3.8, 4) is 6.07 Å². The fourth-order valence-electron chi connectivity index (χ4n) is 3.85. The van der Waals surface area contributed by atoms with Crippen molar-refractivity contribution in [3.63, 3.8) is 0 Å². The Morgan fingerprint density at radius 1 is 1.21 bits per heavy atom. The molecule has 0 radical (unpaired) electrons. The summed E-state index contributed by atoms with van der Waals surface area (Å²) in [4.78, 5) is 19.2. The number of ether oxygens (including phenoxy) is 1. The monoisotopic (exact) mass is 372 g/mol. The average molecular weight is 372 g/mol. The zero-order chi connectivity index (χ0) is 19.5. The van der Waals surface area contributed by atoms with E-state index in [9.17, 15) is 4.79 Å². The number of para-hydroxylation sites is 1. The molecule has 0 saturated heterocycles. The van der Waals surface area contributed by atoms with Crippen LogP contribution in [-0.2, 0) is 24.2 Å². The Labute approximate surface area is 164 Å². The number of fused-ring (bicyclic) bond motifs is 2. The van der Waals surface area contributed by atoms with Gasteiger partial charge in [0, 0.05) is 22.9 Å². The first kappa shape index (κ1) is 18.1. The summed E-state index contributed by atoms with van der Waals surface area (Å²) in [6.45, 7) is 4.17. The number of pyridine rings is 1. The first-order valence-corrected chi connectivity index (χ1v) is 9.54. The zero-order valence-corrected chi connectivity index (χ0v) is 15.8. The Morgan fingerprint density at radius 3 is 2.75 bits per heavy atom. The van der Waals surface area contributed by atoms with Crippen LogP contribution in [0, 0.1) is 11.3 Å². The molecule has 0 spiro atoms. The van der Waals surface area contributed by atoms with Crippen molar-refractivity contribution in [2.24, 2.45) is 0 Å². The number of esters is 1. The second-order valence-electron chi connectivity index (χ2n) is 7.19. The first-order chi connectivity index (χ1) is 13.7. The van der Waals surface area contributed by atoms with E-state index in [1.807, 2.05) is 48.5 Å². The van der Waals surface area contributed by atoms with Crippen LogP contribution in [-0.4, -0.2) is 23.6 Å². The van der Waals surface area contributed by atoms with Crippen LogP contribution >= 0.6 is 0 Å². The van der Waals surface area contributed by atoms with Gasteiger partial charge in [0.2, 0.25) is 0 Å². The molecule has 0 saturated carbocycles. The molecular formula is C23H22N3O2+. The summed E-state index contributed by atoms with van der Waals surface area (Å²) < 4.78 is 5.38. The van der Waals surface area contributed by atoms with Gasteiger partial charge in [-0.25, -0.2) is 4.79 Å². The van der Waals surface area contributed by atoms with Crippen LogP contribution in [0.1, 0.15) is 34.1 Å². The van der Waals surface area contributed by atoms with Gasteiger partial charge in [0.15, 0.2) is 6.10 Å². The minimum Gasteiger partial charge on any atom is -0.444 e. The van der Waals surface area contributed by atoms with Crippen LogP contribution in [0.4, 0.5) is 0 Å². The Hall–Kier alpha value is -3.23. The van der Waals surface area contributed by atoms with E-state index in [1.165, 1.54) is 10.5 Å². The van der Waals surface area contributed by atoms with Gasteiger partial charge in [-0.15, -0.1) is 0 Å². The van der Waals surface area contributed by atoms with Crippen molar-refractivity contribution in [1.82, 2.24) is 4.98 Å². The van der Waals surface area contributed by atoms with E-state index in [1.54, 1.807) is 6.92 Å². The van der Waals surface area contributed by atoms with E-state index in [-0.39, 0.29) is 0 Å². The molecule has 2 heterocycles. The Balaban J connectivity index is 1.74. The molecule has 140 valence electrons. The number of hydrogen-bond acceptors (Lipinski definition) is 4. The molecule has 2 atom stereocenters. The summed E-state index contributed by atoms with van der Waals surface area (Å²) in [7, 11) is 0. The molecule has 1 aliphatic heterocycles. The highest BCUT2D eigenvalue weighted by molar-refractivity contribution is 6.05. The summed E-state index contributed by atoms with van der Waals surface area (Å²) >= 11 is 0. The van der Waals surface area contributed by atoms with Gasteiger partial charge in [-0.2, -0.15) is 5.26 Å². The van der Waals surface area contributed by atoms with Crippen LogP contribution in [0.3, 0.4) is 0 Å². The third-order valence-electron chi connectivity index (χ3n) is 5.19. The Kier molecular flexibility index (Phi) is 5.05. The minimum absolute atomic E-state index is 0.440. The van der Waals surface area contributed by atoms with Gasteiger partial charge in [-0.05, 0) is 13.0 Å². The summed E-state index contributed by atoms with van der Waals surface area (Å²) in [5, 5.41) is 9.83. The molecular weight excluding hydrogens is 350 g/mol. The van der Waals surface area contributed by atoms with E-state index in [0.29, 0.717) is 12.1 Å². The van der Waals surface area contributed by atoms with E-state index in [2.05, 4.69) is 12.1 Å². The third kappa shape index (κ3) is 3.60.